The summed E-state index contributed by atoms with van der Waals surface area (Å²) in [6.45, 7) is 10.3. The van der Waals surface area contributed by atoms with Gasteiger partial charge in [-0.2, -0.15) is 0 Å². The Bertz CT molecular complexity index is 641. The molecule has 146 valence electrons. The van der Waals surface area contributed by atoms with Gasteiger partial charge in [-0.25, -0.2) is 4.79 Å². The van der Waals surface area contributed by atoms with Gasteiger partial charge in [-0.15, -0.1) is 0 Å². The summed E-state index contributed by atoms with van der Waals surface area (Å²) in [6, 6.07) is 4.56. The molecule has 1 aromatic carbocycles. The number of anilines is 1. The molecule has 0 aliphatic carbocycles. The summed E-state index contributed by atoms with van der Waals surface area (Å²) in [5.41, 5.74) is 6.54. The number of hydrogen-bond donors (Lipinski definition) is 3. The summed E-state index contributed by atoms with van der Waals surface area (Å²) in [6.07, 6.45) is 0.712. The maximum atomic E-state index is 12.7. The van der Waals surface area contributed by atoms with E-state index in [2.05, 4.69) is 24.5 Å². The van der Waals surface area contributed by atoms with Crippen LogP contribution in [0.5, 0.6) is 0 Å². The molecule has 4 N–H and O–H groups in total. The van der Waals surface area contributed by atoms with E-state index in [1.165, 1.54) is 0 Å². The van der Waals surface area contributed by atoms with Gasteiger partial charge in [0.25, 0.3) is 5.91 Å². The Kier molecular flexibility index (Phi) is 7.90. The second-order valence-electron chi connectivity index (χ2n) is 7.95. The summed E-state index contributed by atoms with van der Waals surface area (Å²) >= 11 is 6.19. The predicted octanol–water partition coefficient (Wildman–Crippen LogP) is 3.71. The van der Waals surface area contributed by atoms with Crippen LogP contribution in [0, 0.1) is 5.92 Å². The molecular formula is C19H31ClN4O2. The van der Waals surface area contributed by atoms with Crippen molar-refractivity contribution >= 4 is 29.2 Å². The van der Waals surface area contributed by atoms with Crippen molar-refractivity contribution in [1.29, 1.82) is 0 Å². The van der Waals surface area contributed by atoms with Gasteiger partial charge >= 0.3 is 6.03 Å². The highest BCUT2D eigenvalue weighted by Crippen LogP contribution is 2.22. The highest BCUT2D eigenvalue weighted by atomic mass is 35.5. The van der Waals surface area contributed by atoms with Gasteiger partial charge in [0.1, 0.15) is 0 Å². The van der Waals surface area contributed by atoms with Crippen molar-refractivity contribution in [1.82, 2.24) is 10.2 Å². The number of carbonyl (C=O) groups excluding carboxylic acids is 2. The van der Waals surface area contributed by atoms with Crippen LogP contribution in [-0.2, 0) is 0 Å². The topological polar surface area (TPSA) is 87.5 Å². The van der Waals surface area contributed by atoms with Gasteiger partial charge < -0.3 is 21.3 Å². The largest absolute Gasteiger partial charge is 0.342 e. The van der Waals surface area contributed by atoms with Crippen LogP contribution in [0.1, 0.15) is 51.4 Å². The summed E-state index contributed by atoms with van der Waals surface area (Å²) in [4.78, 5) is 26.3. The number of nitrogens with two attached hydrogens (primary N) is 1. The number of benzene rings is 1. The van der Waals surface area contributed by atoms with Crippen LogP contribution in [0.15, 0.2) is 18.2 Å². The summed E-state index contributed by atoms with van der Waals surface area (Å²) in [5.74, 6) is 0.154. The number of amides is 3. The van der Waals surface area contributed by atoms with Crippen molar-refractivity contribution in [3.05, 3.63) is 28.8 Å². The van der Waals surface area contributed by atoms with Crippen LogP contribution in [0.25, 0.3) is 0 Å². The van der Waals surface area contributed by atoms with E-state index in [4.69, 9.17) is 17.3 Å². The van der Waals surface area contributed by atoms with Gasteiger partial charge in [-0.05, 0) is 51.3 Å². The second kappa shape index (κ2) is 9.24. The zero-order valence-electron chi connectivity index (χ0n) is 16.5. The molecule has 1 unspecified atom stereocenters. The van der Waals surface area contributed by atoms with Crippen molar-refractivity contribution in [3.8, 4) is 0 Å². The molecule has 0 fully saturated rings. The third-order valence-electron chi connectivity index (χ3n) is 3.94. The molecule has 0 saturated carbocycles. The van der Waals surface area contributed by atoms with E-state index in [1.807, 2.05) is 20.8 Å². The lowest BCUT2D eigenvalue weighted by Gasteiger charge is -2.23. The van der Waals surface area contributed by atoms with Gasteiger partial charge in [-0.3, -0.25) is 4.79 Å². The molecule has 6 nitrogen and oxygen atoms in total. The van der Waals surface area contributed by atoms with E-state index in [9.17, 15) is 9.59 Å². The number of carbonyl (C=O) groups is 2. The SMILES string of the molecule is CC(C)C(N)CCN(C)C(=O)c1cc(NC(=O)NC(C)(C)C)ccc1Cl. The number of hydrogen-bond acceptors (Lipinski definition) is 3. The third-order valence-corrected chi connectivity index (χ3v) is 4.27. The molecule has 1 atom stereocenters. The van der Waals surface area contributed by atoms with E-state index in [1.54, 1.807) is 30.1 Å². The Morgan fingerprint density at radius 3 is 2.42 bits per heavy atom. The molecule has 0 aliphatic rings. The lowest BCUT2D eigenvalue weighted by molar-refractivity contribution is 0.0789. The smallest absolute Gasteiger partial charge is 0.319 e. The fourth-order valence-electron chi connectivity index (χ4n) is 2.25. The molecule has 0 aliphatic heterocycles. The molecule has 1 aromatic rings. The zero-order chi connectivity index (χ0) is 20.1. The quantitative estimate of drug-likeness (QED) is 0.700. The summed E-state index contributed by atoms with van der Waals surface area (Å²) in [5, 5.41) is 5.87. The number of urea groups is 1. The second-order valence-corrected chi connectivity index (χ2v) is 8.35. The number of nitrogens with one attached hydrogen (secondary N) is 2. The van der Waals surface area contributed by atoms with Crippen LogP contribution in [0.4, 0.5) is 10.5 Å². The van der Waals surface area contributed by atoms with E-state index >= 15 is 0 Å². The zero-order valence-corrected chi connectivity index (χ0v) is 17.3. The van der Waals surface area contributed by atoms with Gasteiger partial charge in [0.15, 0.2) is 0 Å². The normalized spacial score (nSPS) is 12.7. The maximum absolute atomic E-state index is 12.7. The first kappa shape index (κ1) is 22.3. The molecule has 26 heavy (non-hydrogen) atoms. The standard InChI is InChI=1S/C19H31ClN4O2/c1-12(2)16(21)9-10-24(6)17(25)14-11-13(7-8-15(14)20)22-18(26)23-19(3,4)5/h7-8,11-12,16H,9-10,21H2,1-6H3,(H2,22,23,26). The van der Waals surface area contributed by atoms with E-state index < -0.39 is 0 Å². The number of nitrogens with zero attached hydrogens (tertiary/aromatic N) is 1. The number of rotatable bonds is 6. The molecule has 0 bridgehead atoms. The van der Waals surface area contributed by atoms with Crippen molar-refractivity contribution < 1.29 is 9.59 Å². The minimum Gasteiger partial charge on any atom is -0.342 e. The molecule has 0 saturated heterocycles. The average molecular weight is 383 g/mol. The predicted molar refractivity (Wildman–Crippen MR) is 108 cm³/mol. The summed E-state index contributed by atoms with van der Waals surface area (Å²) < 4.78 is 0. The molecule has 1 rings (SSSR count). The molecular weight excluding hydrogens is 352 g/mol. The fraction of sp³-hybridized carbons (Fsp3) is 0.579. The highest BCUT2D eigenvalue weighted by molar-refractivity contribution is 6.34. The highest BCUT2D eigenvalue weighted by Gasteiger charge is 2.19. The lowest BCUT2D eigenvalue weighted by Crippen LogP contribution is -2.43. The first-order valence-electron chi connectivity index (χ1n) is 8.80. The molecule has 7 heteroatoms. The Morgan fingerprint density at radius 1 is 1.27 bits per heavy atom. The minimum atomic E-state index is -0.357. The van der Waals surface area contributed by atoms with E-state index in [0.717, 1.165) is 0 Å². The van der Waals surface area contributed by atoms with Crippen molar-refractivity contribution in [2.45, 2.75) is 52.6 Å². The van der Waals surface area contributed by atoms with Gasteiger partial charge in [0, 0.05) is 30.9 Å². The van der Waals surface area contributed by atoms with Crippen molar-refractivity contribution in [3.63, 3.8) is 0 Å². The molecule has 0 heterocycles. The third kappa shape index (κ3) is 7.22. The van der Waals surface area contributed by atoms with Crippen LogP contribution < -0.4 is 16.4 Å². The van der Waals surface area contributed by atoms with Crippen LogP contribution >= 0.6 is 11.6 Å². The van der Waals surface area contributed by atoms with E-state index in [-0.39, 0.29) is 23.5 Å². The Balaban J connectivity index is 2.82. The fourth-order valence-corrected chi connectivity index (χ4v) is 2.45. The Morgan fingerprint density at radius 2 is 1.88 bits per heavy atom. The van der Waals surface area contributed by atoms with Crippen molar-refractivity contribution in [2.24, 2.45) is 11.7 Å². The van der Waals surface area contributed by atoms with Crippen LogP contribution in [-0.4, -0.2) is 42.0 Å². The molecule has 0 spiro atoms. The van der Waals surface area contributed by atoms with Gasteiger partial charge in [0.2, 0.25) is 0 Å². The lowest BCUT2D eigenvalue weighted by atomic mass is 10.0. The first-order chi connectivity index (χ1) is 11.9. The van der Waals surface area contributed by atoms with Crippen molar-refractivity contribution in [2.75, 3.05) is 18.9 Å². The Hall–Kier alpha value is -1.79. The molecule has 0 radical (unpaired) electrons. The van der Waals surface area contributed by atoms with Crippen LogP contribution in [0.3, 0.4) is 0 Å². The van der Waals surface area contributed by atoms with Gasteiger partial charge in [-0.1, -0.05) is 25.4 Å². The molecule has 0 aromatic heterocycles. The van der Waals surface area contributed by atoms with Crippen LogP contribution in [0.2, 0.25) is 5.02 Å². The molecule has 3 amide bonds. The average Bonchev–Trinajstić information content (AvgIpc) is 2.51. The number of halogens is 1. The monoisotopic (exact) mass is 382 g/mol. The Labute approximate surface area is 161 Å². The van der Waals surface area contributed by atoms with E-state index in [0.29, 0.717) is 35.2 Å². The van der Waals surface area contributed by atoms with Gasteiger partial charge in [0.05, 0.1) is 10.6 Å². The maximum Gasteiger partial charge on any atom is 0.319 e. The summed E-state index contributed by atoms with van der Waals surface area (Å²) in [7, 11) is 1.72. The first-order valence-corrected chi connectivity index (χ1v) is 9.18. The minimum absolute atomic E-state index is 0.0369.